The Hall–Kier alpha value is -2.50. The van der Waals surface area contributed by atoms with E-state index in [-0.39, 0.29) is 15.9 Å². The van der Waals surface area contributed by atoms with Gasteiger partial charge in [-0.15, -0.1) is 0 Å². The Morgan fingerprint density at radius 1 is 1.11 bits per heavy atom. The first-order valence-corrected chi connectivity index (χ1v) is 10.2. The Labute approximate surface area is 168 Å². The van der Waals surface area contributed by atoms with E-state index in [4.69, 9.17) is 9.84 Å². The van der Waals surface area contributed by atoms with E-state index in [0.29, 0.717) is 22.8 Å². The van der Waals surface area contributed by atoms with Crippen molar-refractivity contribution >= 4 is 51.8 Å². The Bertz CT molecular complexity index is 909. The average Bonchev–Trinajstić information content (AvgIpc) is 2.95. The van der Waals surface area contributed by atoms with Crippen LogP contribution in [0.15, 0.2) is 53.4 Å². The number of carbonyl (C=O) groups excluding carboxylic acids is 2. The standard InChI is InChI=1S/C19H16AsNO5S/c20-15(18(23)24)9-11-1-5-13(6-2-11)26-14-7-3-12(4-8-14)10-16-17(22)21-19(25)27-16/h1-8,10,15H,9,20H2,(H,23,24)(H,21,22,25)/t15-/m0/s1. The van der Waals surface area contributed by atoms with Crippen molar-refractivity contribution in [3.05, 3.63) is 64.6 Å². The summed E-state index contributed by atoms with van der Waals surface area (Å²) in [6.45, 7) is 0. The molecule has 2 aromatic rings. The molecule has 1 fully saturated rings. The van der Waals surface area contributed by atoms with E-state index >= 15 is 0 Å². The number of carboxylic acids is 1. The molecule has 0 radical (unpaired) electrons. The fraction of sp³-hybridized carbons (Fsp3) is 0.105. The molecule has 138 valence electrons. The van der Waals surface area contributed by atoms with E-state index in [1.807, 2.05) is 12.1 Å². The molecule has 1 aliphatic heterocycles. The number of carbonyl (C=O) groups is 3. The van der Waals surface area contributed by atoms with Crippen LogP contribution in [-0.2, 0) is 16.0 Å². The summed E-state index contributed by atoms with van der Waals surface area (Å²) in [6.07, 6.45) is 2.14. The smallest absolute Gasteiger partial charge is 0.0224 e. The largest absolute Gasteiger partial charge is 0.0224 e. The van der Waals surface area contributed by atoms with Gasteiger partial charge in [0, 0.05) is 0 Å². The van der Waals surface area contributed by atoms with Crippen molar-refractivity contribution in [2.75, 3.05) is 0 Å². The molecule has 2 amide bonds. The summed E-state index contributed by atoms with van der Waals surface area (Å²) < 4.78 is 5.40. The molecular weight excluding hydrogens is 429 g/mol. The third-order valence-corrected chi connectivity index (χ3v) is 5.66. The molecule has 0 saturated carbocycles. The van der Waals surface area contributed by atoms with Gasteiger partial charge in [0.15, 0.2) is 0 Å². The normalized spacial score (nSPS) is 16.3. The fourth-order valence-corrected chi connectivity index (χ4v) is 3.63. The van der Waals surface area contributed by atoms with Gasteiger partial charge in [0.25, 0.3) is 11.1 Å². The fourth-order valence-electron chi connectivity index (χ4n) is 2.38. The van der Waals surface area contributed by atoms with E-state index in [0.717, 1.165) is 22.9 Å². The molecule has 2 N–H and O–H groups in total. The van der Waals surface area contributed by atoms with Crippen molar-refractivity contribution in [1.29, 1.82) is 0 Å². The van der Waals surface area contributed by atoms with Crippen LogP contribution in [0.25, 0.3) is 6.08 Å². The SMILES string of the molecule is O=C1NC(=O)C(=Cc2ccc(Oc3ccc(C[C@H]([AsH2])C(=O)O)cc3)cc2)S1. The number of hydrogen-bond donors (Lipinski definition) is 2. The molecule has 0 aliphatic carbocycles. The van der Waals surface area contributed by atoms with Gasteiger partial charge in [0.2, 0.25) is 0 Å². The van der Waals surface area contributed by atoms with Crippen LogP contribution in [0.2, 0.25) is 4.71 Å². The zero-order chi connectivity index (χ0) is 19.4. The first kappa shape index (κ1) is 19.3. The molecule has 0 bridgehead atoms. The van der Waals surface area contributed by atoms with E-state index in [1.54, 1.807) is 42.5 Å². The molecule has 1 heterocycles. The van der Waals surface area contributed by atoms with Crippen LogP contribution < -0.4 is 10.1 Å². The van der Waals surface area contributed by atoms with Gasteiger partial charge in [-0.2, -0.15) is 0 Å². The van der Waals surface area contributed by atoms with E-state index in [1.165, 1.54) is 16.9 Å². The molecule has 2 atom stereocenters. The van der Waals surface area contributed by atoms with Crippen molar-refractivity contribution in [2.45, 2.75) is 11.1 Å². The van der Waals surface area contributed by atoms with Gasteiger partial charge in [-0.25, -0.2) is 0 Å². The molecule has 27 heavy (non-hydrogen) atoms. The number of thioether (sulfide) groups is 1. The Kier molecular flexibility index (Phi) is 6.04. The van der Waals surface area contributed by atoms with Crippen molar-refractivity contribution in [3.63, 3.8) is 0 Å². The van der Waals surface area contributed by atoms with Gasteiger partial charge in [0.05, 0.1) is 4.91 Å². The number of aliphatic carboxylic acids is 1. The molecule has 1 aliphatic rings. The zero-order valence-corrected chi connectivity index (χ0v) is 17.3. The van der Waals surface area contributed by atoms with Crippen LogP contribution in [0.5, 0.6) is 11.5 Å². The Morgan fingerprint density at radius 2 is 1.70 bits per heavy atom. The summed E-state index contributed by atoms with van der Waals surface area (Å²) >= 11 is 2.07. The number of rotatable bonds is 6. The number of imide groups is 1. The number of carboxylic acid groups (broad SMARTS) is 1. The van der Waals surface area contributed by atoms with Crippen LogP contribution in [0, 0.1) is 0 Å². The molecule has 2 aromatic carbocycles. The Balaban J connectivity index is 1.63. The molecule has 8 heteroatoms. The predicted molar refractivity (Wildman–Crippen MR) is 106 cm³/mol. The summed E-state index contributed by atoms with van der Waals surface area (Å²) in [7, 11) is 0. The minimum absolute atomic E-state index is 0.362. The maximum absolute atomic E-state index is 11.6. The van der Waals surface area contributed by atoms with Crippen LogP contribution in [0.4, 0.5) is 4.79 Å². The van der Waals surface area contributed by atoms with Gasteiger partial charge in [0.1, 0.15) is 0 Å². The van der Waals surface area contributed by atoms with Gasteiger partial charge in [-0.1, -0.05) is 0 Å². The second-order valence-corrected chi connectivity index (χ2v) is 8.52. The summed E-state index contributed by atoms with van der Waals surface area (Å²) in [5.41, 5.74) is 1.73. The number of benzene rings is 2. The van der Waals surface area contributed by atoms with Crippen LogP contribution in [-0.4, -0.2) is 39.1 Å². The molecule has 3 rings (SSSR count). The molecule has 0 spiro atoms. The third-order valence-electron chi connectivity index (χ3n) is 3.75. The maximum atomic E-state index is 11.6. The first-order chi connectivity index (χ1) is 12.9. The summed E-state index contributed by atoms with van der Waals surface area (Å²) in [4.78, 5) is 34.0. The minimum Gasteiger partial charge on any atom is -0.0224 e. The monoisotopic (exact) mass is 445 g/mol. The number of nitrogens with one attached hydrogen (secondary N) is 1. The second kappa shape index (κ2) is 8.46. The second-order valence-electron chi connectivity index (χ2n) is 5.82. The minimum atomic E-state index is -0.789. The number of amides is 2. The number of hydrogen-bond acceptors (Lipinski definition) is 5. The van der Waals surface area contributed by atoms with E-state index in [9.17, 15) is 14.4 Å². The molecule has 0 aromatic heterocycles. The van der Waals surface area contributed by atoms with E-state index < -0.39 is 5.97 Å². The Morgan fingerprint density at radius 3 is 2.22 bits per heavy atom. The third kappa shape index (κ3) is 5.25. The van der Waals surface area contributed by atoms with Gasteiger partial charge >= 0.3 is 126 Å². The van der Waals surface area contributed by atoms with Gasteiger partial charge in [-0.3, -0.25) is 14.9 Å². The van der Waals surface area contributed by atoms with Crippen LogP contribution in [0.1, 0.15) is 11.1 Å². The summed E-state index contributed by atoms with van der Waals surface area (Å²) in [5.74, 6) is 0.105. The van der Waals surface area contributed by atoms with E-state index in [2.05, 4.69) is 5.32 Å². The maximum Gasteiger partial charge on any atom is -0.0224 e. The van der Waals surface area contributed by atoms with Crippen molar-refractivity contribution in [1.82, 2.24) is 5.32 Å². The molecule has 1 unspecified atom stereocenters. The van der Waals surface area contributed by atoms with Crippen molar-refractivity contribution in [2.24, 2.45) is 0 Å². The average molecular weight is 445 g/mol. The molecular formula is C19H16AsNO5S. The quantitative estimate of drug-likeness (QED) is 0.525. The topological polar surface area (TPSA) is 92.7 Å². The van der Waals surface area contributed by atoms with Crippen LogP contribution >= 0.6 is 11.8 Å². The summed E-state index contributed by atoms with van der Waals surface area (Å²) in [6, 6.07) is 14.5. The van der Waals surface area contributed by atoms with Gasteiger partial charge in [-0.05, 0) is 11.8 Å². The van der Waals surface area contributed by atoms with Crippen molar-refractivity contribution in [3.8, 4) is 11.5 Å². The number of ether oxygens (including phenoxy) is 1. The van der Waals surface area contributed by atoms with Gasteiger partial charge < -0.3 is 0 Å². The van der Waals surface area contributed by atoms with Crippen molar-refractivity contribution < 1.29 is 24.2 Å². The molecule has 6 nitrogen and oxygen atoms in total. The first-order valence-electron chi connectivity index (χ1n) is 8.01. The molecule has 1 saturated heterocycles. The zero-order valence-electron chi connectivity index (χ0n) is 14.0. The predicted octanol–water partition coefficient (Wildman–Crippen LogP) is 2.85. The van der Waals surface area contributed by atoms with Crippen LogP contribution in [0.3, 0.4) is 0 Å². The summed E-state index contributed by atoms with van der Waals surface area (Å²) in [5, 5.41) is 10.8.